The maximum atomic E-state index is 14.2. The number of ketones is 1. The largest absolute Gasteiger partial charge is 0.419 e. The van der Waals surface area contributed by atoms with Crippen LogP contribution in [0.4, 0.5) is 4.39 Å². The van der Waals surface area contributed by atoms with E-state index in [0.717, 1.165) is 0 Å². The van der Waals surface area contributed by atoms with Gasteiger partial charge in [0.25, 0.3) is 0 Å². The third kappa shape index (κ3) is 2.23. The molecule has 0 radical (unpaired) electrons. The van der Waals surface area contributed by atoms with E-state index in [1.54, 1.807) is 26.1 Å². The Bertz CT molecular complexity index is 1050. The molecule has 0 amide bonds. The molecule has 0 spiro atoms. The van der Waals surface area contributed by atoms with Gasteiger partial charge in [-0.3, -0.25) is 9.36 Å². The maximum absolute atomic E-state index is 14.2. The van der Waals surface area contributed by atoms with Crippen LogP contribution >= 0.6 is 0 Å². The molecule has 6 heteroatoms. The Hall–Kier alpha value is -3.20. The summed E-state index contributed by atoms with van der Waals surface area (Å²) in [4.78, 5) is 24.1. The summed E-state index contributed by atoms with van der Waals surface area (Å²) >= 11 is 0. The van der Waals surface area contributed by atoms with Crippen molar-refractivity contribution in [2.24, 2.45) is 7.05 Å². The molecule has 2 aromatic carbocycles. The van der Waals surface area contributed by atoms with Crippen LogP contribution in [0.1, 0.15) is 27.0 Å². The molecule has 0 atom stereocenters. The average molecular weight is 310 g/mol. The molecule has 0 fully saturated rings. The number of carbonyl (C=O) groups excluding carboxylic acids is 1. The molecule has 3 aromatic rings. The third-order valence-electron chi connectivity index (χ3n) is 3.70. The van der Waals surface area contributed by atoms with Crippen LogP contribution in [0.5, 0.6) is 0 Å². The number of hydrogen-bond acceptors (Lipinski definition) is 4. The number of halogens is 1. The van der Waals surface area contributed by atoms with E-state index in [1.807, 2.05) is 0 Å². The van der Waals surface area contributed by atoms with Crippen molar-refractivity contribution in [1.29, 1.82) is 5.26 Å². The van der Waals surface area contributed by atoms with Gasteiger partial charge in [0.15, 0.2) is 17.2 Å². The number of benzene rings is 2. The maximum Gasteiger partial charge on any atom is 0.419 e. The molecule has 0 bridgehead atoms. The molecular formula is C17H11FN2O3. The lowest BCUT2D eigenvalue weighted by atomic mass is 9.99. The van der Waals surface area contributed by atoms with Gasteiger partial charge < -0.3 is 4.42 Å². The van der Waals surface area contributed by atoms with Crippen LogP contribution in [0, 0.1) is 24.1 Å². The Morgan fingerprint density at radius 1 is 1.35 bits per heavy atom. The fourth-order valence-electron chi connectivity index (χ4n) is 2.59. The Balaban J connectivity index is 2.20. The first kappa shape index (κ1) is 14.7. The topological polar surface area (TPSA) is 76.0 Å². The highest BCUT2D eigenvalue weighted by atomic mass is 19.1. The summed E-state index contributed by atoms with van der Waals surface area (Å²) in [5, 5.41) is 8.86. The molecule has 0 N–H and O–H groups in total. The zero-order chi connectivity index (χ0) is 16.7. The second kappa shape index (κ2) is 5.21. The Morgan fingerprint density at radius 3 is 2.78 bits per heavy atom. The number of aryl methyl sites for hydroxylation is 2. The van der Waals surface area contributed by atoms with Crippen LogP contribution < -0.4 is 5.76 Å². The highest BCUT2D eigenvalue weighted by Crippen LogP contribution is 2.23. The van der Waals surface area contributed by atoms with E-state index in [1.165, 1.54) is 28.8 Å². The molecule has 0 saturated carbocycles. The zero-order valence-corrected chi connectivity index (χ0v) is 12.4. The quantitative estimate of drug-likeness (QED) is 0.682. The van der Waals surface area contributed by atoms with Crippen molar-refractivity contribution in [3.63, 3.8) is 0 Å². The van der Waals surface area contributed by atoms with Gasteiger partial charge in [-0.2, -0.15) is 5.26 Å². The number of carbonyl (C=O) groups is 1. The molecule has 1 heterocycles. The van der Waals surface area contributed by atoms with E-state index in [0.29, 0.717) is 11.1 Å². The van der Waals surface area contributed by atoms with Gasteiger partial charge in [-0.05, 0) is 36.8 Å². The van der Waals surface area contributed by atoms with Crippen molar-refractivity contribution in [3.05, 3.63) is 69.0 Å². The summed E-state index contributed by atoms with van der Waals surface area (Å²) in [5.74, 6) is -1.96. The minimum atomic E-state index is -0.854. The van der Waals surface area contributed by atoms with E-state index in [4.69, 9.17) is 9.68 Å². The molecule has 0 unspecified atom stereocenters. The summed E-state index contributed by atoms with van der Waals surface area (Å²) in [7, 11) is 1.57. The van der Waals surface area contributed by atoms with E-state index in [-0.39, 0.29) is 22.3 Å². The van der Waals surface area contributed by atoms with Crippen molar-refractivity contribution in [3.8, 4) is 6.07 Å². The summed E-state index contributed by atoms with van der Waals surface area (Å²) in [6.07, 6.45) is 0. The van der Waals surface area contributed by atoms with E-state index < -0.39 is 17.4 Å². The number of aromatic nitrogens is 1. The number of oxazole rings is 1. The lowest BCUT2D eigenvalue weighted by Crippen LogP contribution is -2.09. The zero-order valence-electron chi connectivity index (χ0n) is 12.4. The fourth-order valence-corrected chi connectivity index (χ4v) is 2.59. The Labute approximate surface area is 130 Å². The van der Waals surface area contributed by atoms with Gasteiger partial charge in [0.05, 0.1) is 16.6 Å². The average Bonchev–Trinajstić information content (AvgIpc) is 2.82. The summed E-state index contributed by atoms with van der Waals surface area (Å²) in [6.45, 7) is 1.73. The molecule has 114 valence electrons. The van der Waals surface area contributed by atoms with Crippen LogP contribution in [0.25, 0.3) is 11.1 Å². The van der Waals surface area contributed by atoms with E-state index >= 15 is 0 Å². The van der Waals surface area contributed by atoms with Crippen LogP contribution in [0.15, 0.2) is 39.5 Å². The van der Waals surface area contributed by atoms with Gasteiger partial charge in [0, 0.05) is 12.6 Å². The second-order valence-electron chi connectivity index (χ2n) is 5.17. The smallest absolute Gasteiger partial charge is 0.408 e. The number of nitriles is 1. The normalized spacial score (nSPS) is 10.7. The molecule has 0 aliphatic carbocycles. The first-order valence-corrected chi connectivity index (χ1v) is 6.77. The highest BCUT2D eigenvalue weighted by Gasteiger charge is 2.19. The molecule has 1 aromatic heterocycles. The molecule has 23 heavy (non-hydrogen) atoms. The van der Waals surface area contributed by atoms with Crippen LogP contribution in [-0.4, -0.2) is 10.4 Å². The number of nitrogens with zero attached hydrogens (tertiary/aromatic N) is 2. The van der Waals surface area contributed by atoms with Crippen molar-refractivity contribution in [2.45, 2.75) is 6.92 Å². The Morgan fingerprint density at radius 2 is 2.09 bits per heavy atom. The molecular weight excluding hydrogens is 299 g/mol. The van der Waals surface area contributed by atoms with Gasteiger partial charge in [0.1, 0.15) is 6.07 Å². The SMILES string of the molecule is Cc1cc(C(=O)c2cccc(C#N)c2F)cc2oc(=O)n(C)c12. The number of rotatable bonds is 2. The molecule has 0 aliphatic rings. The van der Waals surface area contributed by atoms with Crippen LogP contribution in [-0.2, 0) is 7.05 Å². The van der Waals surface area contributed by atoms with Crippen molar-refractivity contribution in [2.75, 3.05) is 0 Å². The third-order valence-corrected chi connectivity index (χ3v) is 3.70. The first-order chi connectivity index (χ1) is 10.9. The number of hydrogen-bond donors (Lipinski definition) is 0. The standard InChI is InChI=1S/C17H11FN2O3/c1-9-6-11(7-13-15(9)20(2)17(22)23-13)16(21)12-5-3-4-10(8-19)14(12)18/h3-7H,1-2H3. The fraction of sp³-hybridized carbons (Fsp3) is 0.118. The van der Waals surface area contributed by atoms with Gasteiger partial charge in [-0.25, -0.2) is 9.18 Å². The highest BCUT2D eigenvalue weighted by molar-refractivity contribution is 6.10. The number of fused-ring (bicyclic) bond motifs is 1. The van der Waals surface area contributed by atoms with Gasteiger partial charge in [0.2, 0.25) is 0 Å². The van der Waals surface area contributed by atoms with Gasteiger partial charge in [-0.15, -0.1) is 0 Å². The lowest BCUT2D eigenvalue weighted by Gasteiger charge is -2.06. The van der Waals surface area contributed by atoms with Crippen molar-refractivity contribution in [1.82, 2.24) is 4.57 Å². The predicted molar refractivity (Wildman–Crippen MR) is 80.7 cm³/mol. The summed E-state index contributed by atoms with van der Waals surface area (Å²) in [6, 6.07) is 8.75. The molecule has 3 rings (SSSR count). The second-order valence-corrected chi connectivity index (χ2v) is 5.17. The molecule has 0 saturated heterocycles. The van der Waals surface area contributed by atoms with Crippen LogP contribution in [0.3, 0.4) is 0 Å². The lowest BCUT2D eigenvalue weighted by molar-refractivity contribution is 0.103. The van der Waals surface area contributed by atoms with E-state index in [2.05, 4.69) is 0 Å². The summed E-state index contributed by atoms with van der Waals surface area (Å²) in [5.41, 5.74) is 1.31. The van der Waals surface area contributed by atoms with Crippen molar-refractivity contribution >= 4 is 16.9 Å². The first-order valence-electron chi connectivity index (χ1n) is 6.77. The predicted octanol–water partition coefficient (Wildman–Crippen LogP) is 2.68. The van der Waals surface area contributed by atoms with Crippen LogP contribution in [0.2, 0.25) is 0 Å². The van der Waals surface area contributed by atoms with Crippen molar-refractivity contribution < 1.29 is 13.6 Å². The molecule has 5 nitrogen and oxygen atoms in total. The van der Waals surface area contributed by atoms with E-state index in [9.17, 15) is 14.0 Å². The van der Waals surface area contributed by atoms with Gasteiger partial charge in [-0.1, -0.05) is 6.07 Å². The minimum Gasteiger partial charge on any atom is -0.408 e. The molecule has 0 aliphatic heterocycles. The summed E-state index contributed by atoms with van der Waals surface area (Å²) < 4.78 is 20.6. The minimum absolute atomic E-state index is 0.193. The monoisotopic (exact) mass is 310 g/mol. The van der Waals surface area contributed by atoms with Gasteiger partial charge >= 0.3 is 5.76 Å². The Kier molecular flexibility index (Phi) is 3.34.